The molecule has 3 heterocycles. The van der Waals surface area contributed by atoms with Crippen molar-refractivity contribution in [1.82, 2.24) is 24.6 Å². The van der Waals surface area contributed by atoms with Gasteiger partial charge in [-0.25, -0.2) is 15.0 Å². The molecule has 1 N–H and O–H groups in total. The van der Waals surface area contributed by atoms with E-state index in [0.717, 1.165) is 11.5 Å². The van der Waals surface area contributed by atoms with Crippen LogP contribution in [0.15, 0.2) is 36.9 Å². The minimum atomic E-state index is 0.424. The van der Waals surface area contributed by atoms with Crippen molar-refractivity contribution in [2.45, 2.75) is 6.54 Å². The SMILES string of the molecule is Clc1cc(NCc2ccncn2)n2nccc2n1. The fourth-order valence-electron chi connectivity index (χ4n) is 1.61. The molecule has 7 heteroatoms. The molecule has 0 radical (unpaired) electrons. The number of hydrogen-bond donors (Lipinski definition) is 1. The Kier molecular flexibility index (Phi) is 2.77. The molecule has 3 rings (SSSR count). The Morgan fingerprint density at radius 3 is 3.06 bits per heavy atom. The fourth-order valence-corrected chi connectivity index (χ4v) is 1.80. The summed E-state index contributed by atoms with van der Waals surface area (Å²) >= 11 is 5.94. The first-order valence-corrected chi connectivity index (χ1v) is 5.70. The molecule has 0 amide bonds. The van der Waals surface area contributed by atoms with Crippen molar-refractivity contribution in [3.8, 4) is 0 Å². The molecule has 0 fully saturated rings. The molecule has 3 aromatic rings. The molecule has 0 saturated heterocycles. The third-order valence-corrected chi connectivity index (χ3v) is 2.62. The molecule has 3 aromatic heterocycles. The van der Waals surface area contributed by atoms with E-state index in [1.165, 1.54) is 6.33 Å². The third-order valence-electron chi connectivity index (χ3n) is 2.42. The van der Waals surface area contributed by atoms with Crippen molar-refractivity contribution in [1.29, 1.82) is 0 Å². The predicted molar refractivity (Wildman–Crippen MR) is 67.4 cm³/mol. The summed E-state index contributed by atoms with van der Waals surface area (Å²) in [5.41, 5.74) is 1.59. The zero-order valence-electron chi connectivity index (χ0n) is 9.29. The minimum Gasteiger partial charge on any atom is -0.364 e. The van der Waals surface area contributed by atoms with Crippen LogP contribution in [0.1, 0.15) is 5.69 Å². The fraction of sp³-hybridized carbons (Fsp3) is 0.0909. The maximum atomic E-state index is 5.94. The summed E-state index contributed by atoms with van der Waals surface area (Å²) < 4.78 is 1.69. The average Bonchev–Trinajstić information content (AvgIpc) is 2.85. The number of anilines is 1. The largest absolute Gasteiger partial charge is 0.364 e. The van der Waals surface area contributed by atoms with E-state index in [1.807, 2.05) is 6.07 Å². The number of halogens is 1. The molecule has 90 valence electrons. The lowest BCUT2D eigenvalue weighted by molar-refractivity contribution is 0.913. The van der Waals surface area contributed by atoms with Crippen molar-refractivity contribution in [2.24, 2.45) is 0 Å². The van der Waals surface area contributed by atoms with E-state index in [1.54, 1.807) is 29.0 Å². The van der Waals surface area contributed by atoms with E-state index >= 15 is 0 Å². The molecule has 18 heavy (non-hydrogen) atoms. The Morgan fingerprint density at radius 1 is 1.28 bits per heavy atom. The molecule has 0 aliphatic heterocycles. The van der Waals surface area contributed by atoms with Gasteiger partial charge in [-0.2, -0.15) is 9.61 Å². The lowest BCUT2D eigenvalue weighted by Gasteiger charge is -2.07. The highest BCUT2D eigenvalue weighted by atomic mass is 35.5. The Hall–Kier alpha value is -2.21. The van der Waals surface area contributed by atoms with Crippen LogP contribution in [-0.4, -0.2) is 24.6 Å². The second-order valence-corrected chi connectivity index (χ2v) is 4.01. The van der Waals surface area contributed by atoms with E-state index < -0.39 is 0 Å². The zero-order chi connectivity index (χ0) is 12.4. The van der Waals surface area contributed by atoms with Crippen molar-refractivity contribution in [3.05, 3.63) is 47.8 Å². The van der Waals surface area contributed by atoms with Gasteiger partial charge in [0.15, 0.2) is 5.65 Å². The minimum absolute atomic E-state index is 0.424. The number of aromatic nitrogens is 5. The number of hydrogen-bond acceptors (Lipinski definition) is 5. The van der Waals surface area contributed by atoms with E-state index in [-0.39, 0.29) is 0 Å². The monoisotopic (exact) mass is 260 g/mol. The van der Waals surface area contributed by atoms with Gasteiger partial charge in [-0.15, -0.1) is 0 Å². The van der Waals surface area contributed by atoms with Crippen LogP contribution in [0.3, 0.4) is 0 Å². The van der Waals surface area contributed by atoms with Gasteiger partial charge in [0.25, 0.3) is 0 Å². The van der Waals surface area contributed by atoms with Crippen molar-refractivity contribution >= 4 is 23.1 Å². The van der Waals surface area contributed by atoms with E-state index in [0.29, 0.717) is 17.3 Å². The Labute approximate surface area is 108 Å². The molecule has 0 atom stereocenters. The average molecular weight is 261 g/mol. The van der Waals surface area contributed by atoms with Gasteiger partial charge in [-0.1, -0.05) is 11.6 Å². The first-order chi connectivity index (χ1) is 8.83. The van der Waals surface area contributed by atoms with E-state index in [2.05, 4.69) is 25.4 Å². The van der Waals surface area contributed by atoms with Crippen LogP contribution in [0.25, 0.3) is 5.65 Å². The smallest absolute Gasteiger partial charge is 0.159 e. The lowest BCUT2D eigenvalue weighted by atomic mass is 10.4. The van der Waals surface area contributed by atoms with Crippen LogP contribution in [0, 0.1) is 0 Å². The zero-order valence-corrected chi connectivity index (χ0v) is 10.0. The Morgan fingerprint density at radius 2 is 2.22 bits per heavy atom. The van der Waals surface area contributed by atoms with E-state index in [4.69, 9.17) is 11.6 Å². The predicted octanol–water partition coefficient (Wildman–Crippen LogP) is 1.78. The van der Waals surface area contributed by atoms with Crippen LogP contribution in [0.2, 0.25) is 5.15 Å². The van der Waals surface area contributed by atoms with Crippen LogP contribution >= 0.6 is 11.6 Å². The normalized spacial score (nSPS) is 10.7. The molecule has 0 aliphatic rings. The summed E-state index contributed by atoms with van der Waals surface area (Å²) in [6, 6.07) is 5.36. The summed E-state index contributed by atoms with van der Waals surface area (Å²) in [6.45, 7) is 0.567. The Balaban J connectivity index is 1.88. The highest BCUT2D eigenvalue weighted by Gasteiger charge is 2.05. The second kappa shape index (κ2) is 4.58. The van der Waals surface area contributed by atoms with Gasteiger partial charge in [0, 0.05) is 18.3 Å². The summed E-state index contributed by atoms with van der Waals surface area (Å²) in [6.07, 6.45) is 4.89. The third kappa shape index (κ3) is 2.10. The molecule has 0 aliphatic carbocycles. The van der Waals surface area contributed by atoms with Crippen molar-refractivity contribution in [3.63, 3.8) is 0 Å². The van der Waals surface area contributed by atoms with Crippen LogP contribution in [-0.2, 0) is 6.54 Å². The van der Waals surface area contributed by atoms with Gasteiger partial charge in [0.1, 0.15) is 17.3 Å². The highest BCUT2D eigenvalue weighted by Crippen LogP contribution is 2.16. The molecular weight excluding hydrogens is 252 g/mol. The van der Waals surface area contributed by atoms with Crippen LogP contribution < -0.4 is 5.32 Å². The van der Waals surface area contributed by atoms with Crippen LogP contribution in [0.4, 0.5) is 5.82 Å². The number of fused-ring (bicyclic) bond motifs is 1. The summed E-state index contributed by atoms with van der Waals surface area (Å²) in [4.78, 5) is 12.2. The molecule has 0 saturated carbocycles. The van der Waals surface area contributed by atoms with Crippen LogP contribution in [0.5, 0.6) is 0 Å². The number of nitrogens with one attached hydrogen (secondary N) is 1. The van der Waals surface area contributed by atoms with Gasteiger partial charge >= 0.3 is 0 Å². The molecule has 0 aromatic carbocycles. The standard InChI is InChI=1S/C11H9ClN6/c12-9-5-11(18-10(17-9)2-4-16-18)14-6-8-1-3-13-7-15-8/h1-5,7,14H,6H2. The molecule has 6 nitrogen and oxygen atoms in total. The van der Waals surface area contributed by atoms with E-state index in [9.17, 15) is 0 Å². The summed E-state index contributed by atoms with van der Waals surface area (Å²) in [5.74, 6) is 0.772. The van der Waals surface area contributed by atoms with Gasteiger partial charge in [0.2, 0.25) is 0 Å². The van der Waals surface area contributed by atoms with Crippen molar-refractivity contribution in [2.75, 3.05) is 5.32 Å². The topological polar surface area (TPSA) is 68.0 Å². The quantitative estimate of drug-likeness (QED) is 0.727. The van der Waals surface area contributed by atoms with Gasteiger partial charge in [0.05, 0.1) is 18.4 Å². The highest BCUT2D eigenvalue weighted by molar-refractivity contribution is 6.29. The van der Waals surface area contributed by atoms with Gasteiger partial charge in [-0.3, -0.25) is 0 Å². The molecule has 0 bridgehead atoms. The summed E-state index contributed by atoms with van der Waals surface area (Å²) in [7, 11) is 0. The molecule has 0 spiro atoms. The first-order valence-electron chi connectivity index (χ1n) is 5.32. The summed E-state index contributed by atoms with van der Waals surface area (Å²) in [5, 5.41) is 7.81. The Bertz CT molecular complexity index is 666. The van der Waals surface area contributed by atoms with Gasteiger partial charge in [-0.05, 0) is 6.07 Å². The maximum absolute atomic E-state index is 5.94. The number of nitrogens with zero attached hydrogens (tertiary/aromatic N) is 5. The lowest BCUT2D eigenvalue weighted by Crippen LogP contribution is -2.07. The molecular formula is C11H9ClN6. The molecule has 0 unspecified atom stereocenters. The van der Waals surface area contributed by atoms with Crippen molar-refractivity contribution < 1.29 is 0 Å². The first kappa shape index (κ1) is 10.9. The second-order valence-electron chi connectivity index (χ2n) is 3.62. The number of rotatable bonds is 3. The van der Waals surface area contributed by atoms with Gasteiger partial charge < -0.3 is 5.32 Å². The maximum Gasteiger partial charge on any atom is 0.159 e.